The highest BCUT2D eigenvalue weighted by molar-refractivity contribution is 7.87. The Bertz CT molecular complexity index is 541. The maximum Gasteiger partial charge on any atom is 0.279 e. The molecular formula is C14H22N2O3S. The monoisotopic (exact) mass is 298 g/mol. The lowest BCUT2D eigenvalue weighted by atomic mass is 9.97. The molecule has 0 radical (unpaired) electrons. The zero-order valence-electron chi connectivity index (χ0n) is 12.0. The summed E-state index contributed by atoms with van der Waals surface area (Å²) in [5.41, 5.74) is 1.14. The zero-order valence-corrected chi connectivity index (χ0v) is 12.8. The van der Waals surface area contributed by atoms with Crippen molar-refractivity contribution >= 4 is 10.2 Å². The van der Waals surface area contributed by atoms with Crippen LogP contribution in [0.3, 0.4) is 0 Å². The molecule has 1 aliphatic rings. The van der Waals surface area contributed by atoms with E-state index in [4.69, 9.17) is 4.74 Å². The first-order valence-electron chi connectivity index (χ1n) is 7.02. The first-order chi connectivity index (χ1) is 9.56. The minimum Gasteiger partial charge on any atom is -0.493 e. The van der Waals surface area contributed by atoms with E-state index in [1.165, 1.54) is 4.31 Å². The Kier molecular flexibility index (Phi) is 5.01. The molecule has 1 aliphatic heterocycles. The normalized spacial score (nSPS) is 18.6. The quantitative estimate of drug-likeness (QED) is 0.864. The molecule has 0 spiro atoms. The molecule has 1 aromatic rings. The summed E-state index contributed by atoms with van der Waals surface area (Å²) in [4.78, 5) is 0. The molecule has 0 fully saturated rings. The fraction of sp³-hybridized carbons (Fsp3) is 0.571. The Morgan fingerprint density at radius 1 is 1.30 bits per heavy atom. The number of benzene rings is 1. The number of hydrogen-bond acceptors (Lipinski definition) is 3. The largest absolute Gasteiger partial charge is 0.493 e. The highest BCUT2D eigenvalue weighted by Gasteiger charge is 2.23. The van der Waals surface area contributed by atoms with Crippen molar-refractivity contribution in [3.63, 3.8) is 0 Å². The standard InChI is InChI=1S/C14H22N2O3S/c1-3-16(4-2)20(17,18)15-10-12-9-13-7-5-6-8-14(13)19-11-12/h5-8,12,15H,3-4,9-11H2,1-2H3/t12-/m0/s1. The van der Waals surface area contributed by atoms with Gasteiger partial charge in [0.25, 0.3) is 10.2 Å². The number of ether oxygens (including phenoxy) is 1. The van der Waals surface area contributed by atoms with Crippen molar-refractivity contribution < 1.29 is 13.2 Å². The lowest BCUT2D eigenvalue weighted by Crippen LogP contribution is -2.43. The Balaban J connectivity index is 1.93. The average molecular weight is 298 g/mol. The molecule has 5 nitrogen and oxygen atoms in total. The lowest BCUT2D eigenvalue weighted by molar-refractivity contribution is 0.222. The van der Waals surface area contributed by atoms with Gasteiger partial charge in [-0.25, -0.2) is 4.72 Å². The van der Waals surface area contributed by atoms with E-state index >= 15 is 0 Å². The lowest BCUT2D eigenvalue weighted by Gasteiger charge is -2.26. The molecule has 1 atom stereocenters. The van der Waals surface area contributed by atoms with Crippen LogP contribution in [0.5, 0.6) is 5.75 Å². The Labute approximate surface area is 121 Å². The van der Waals surface area contributed by atoms with Crippen LogP contribution in [-0.4, -0.2) is 39.0 Å². The molecule has 112 valence electrons. The fourth-order valence-corrected chi connectivity index (χ4v) is 3.71. The van der Waals surface area contributed by atoms with Crippen LogP contribution >= 0.6 is 0 Å². The summed E-state index contributed by atoms with van der Waals surface area (Å²) in [6.45, 7) is 5.60. The number of fused-ring (bicyclic) bond motifs is 1. The second kappa shape index (κ2) is 6.56. The summed E-state index contributed by atoms with van der Waals surface area (Å²) in [6.07, 6.45) is 0.844. The molecule has 1 aromatic carbocycles. The van der Waals surface area contributed by atoms with Crippen LogP contribution in [0.15, 0.2) is 24.3 Å². The first-order valence-corrected chi connectivity index (χ1v) is 8.46. The van der Waals surface area contributed by atoms with E-state index in [0.717, 1.165) is 17.7 Å². The van der Waals surface area contributed by atoms with E-state index < -0.39 is 10.2 Å². The van der Waals surface area contributed by atoms with E-state index in [-0.39, 0.29) is 5.92 Å². The van der Waals surface area contributed by atoms with Gasteiger partial charge in [0.2, 0.25) is 0 Å². The van der Waals surface area contributed by atoms with Gasteiger partial charge in [0, 0.05) is 25.6 Å². The fourth-order valence-electron chi connectivity index (χ4n) is 2.40. The summed E-state index contributed by atoms with van der Waals surface area (Å²) >= 11 is 0. The van der Waals surface area contributed by atoms with E-state index in [1.54, 1.807) is 0 Å². The summed E-state index contributed by atoms with van der Waals surface area (Å²) in [5, 5.41) is 0. The van der Waals surface area contributed by atoms with E-state index in [9.17, 15) is 8.42 Å². The molecule has 0 saturated heterocycles. The molecule has 0 saturated carbocycles. The Morgan fingerprint density at radius 2 is 2.00 bits per heavy atom. The van der Waals surface area contributed by atoms with Crippen molar-refractivity contribution in [2.75, 3.05) is 26.2 Å². The minimum absolute atomic E-state index is 0.176. The molecule has 0 aliphatic carbocycles. The molecule has 0 aromatic heterocycles. The second-order valence-electron chi connectivity index (χ2n) is 4.93. The van der Waals surface area contributed by atoms with Crippen LogP contribution in [0.25, 0.3) is 0 Å². The van der Waals surface area contributed by atoms with Gasteiger partial charge < -0.3 is 4.74 Å². The van der Waals surface area contributed by atoms with Crippen molar-refractivity contribution in [1.29, 1.82) is 0 Å². The number of nitrogens with one attached hydrogen (secondary N) is 1. The van der Waals surface area contributed by atoms with Crippen LogP contribution in [0.1, 0.15) is 19.4 Å². The molecule has 0 unspecified atom stereocenters. The van der Waals surface area contributed by atoms with Crippen LogP contribution < -0.4 is 9.46 Å². The maximum atomic E-state index is 12.1. The van der Waals surface area contributed by atoms with Crippen molar-refractivity contribution in [1.82, 2.24) is 9.03 Å². The summed E-state index contributed by atoms with van der Waals surface area (Å²) in [7, 11) is -3.37. The van der Waals surface area contributed by atoms with Gasteiger partial charge in [0.1, 0.15) is 5.75 Å². The first kappa shape index (κ1) is 15.3. The second-order valence-corrected chi connectivity index (χ2v) is 6.68. The zero-order chi connectivity index (χ0) is 14.6. The molecule has 6 heteroatoms. The summed E-state index contributed by atoms with van der Waals surface area (Å²) in [5.74, 6) is 1.09. The number of rotatable bonds is 6. The van der Waals surface area contributed by atoms with Crippen LogP contribution in [0.2, 0.25) is 0 Å². The molecule has 1 N–H and O–H groups in total. The van der Waals surface area contributed by atoms with E-state index in [2.05, 4.69) is 4.72 Å². The Morgan fingerprint density at radius 3 is 2.70 bits per heavy atom. The van der Waals surface area contributed by atoms with Crippen LogP contribution in [0.4, 0.5) is 0 Å². The molecule has 20 heavy (non-hydrogen) atoms. The number of para-hydroxylation sites is 1. The third-order valence-corrected chi connectivity index (χ3v) is 5.28. The van der Waals surface area contributed by atoms with Crippen molar-refractivity contribution in [2.24, 2.45) is 5.92 Å². The summed E-state index contributed by atoms with van der Waals surface area (Å²) < 4.78 is 33.9. The van der Waals surface area contributed by atoms with Crippen molar-refractivity contribution in [3.8, 4) is 5.75 Å². The third kappa shape index (κ3) is 3.50. The molecule has 2 rings (SSSR count). The maximum absolute atomic E-state index is 12.1. The summed E-state index contributed by atoms with van der Waals surface area (Å²) in [6, 6.07) is 7.90. The van der Waals surface area contributed by atoms with Gasteiger partial charge >= 0.3 is 0 Å². The predicted octanol–water partition coefficient (Wildman–Crippen LogP) is 1.41. The van der Waals surface area contributed by atoms with Gasteiger partial charge in [-0.05, 0) is 18.1 Å². The topological polar surface area (TPSA) is 58.6 Å². The van der Waals surface area contributed by atoms with Gasteiger partial charge in [0.05, 0.1) is 6.61 Å². The van der Waals surface area contributed by atoms with Crippen LogP contribution in [-0.2, 0) is 16.6 Å². The van der Waals surface area contributed by atoms with E-state index in [1.807, 2.05) is 38.1 Å². The van der Waals surface area contributed by atoms with Crippen LogP contribution in [0, 0.1) is 5.92 Å². The van der Waals surface area contributed by atoms with Gasteiger partial charge in [-0.3, -0.25) is 0 Å². The molecule has 0 bridgehead atoms. The molecule has 0 amide bonds. The SMILES string of the molecule is CCN(CC)S(=O)(=O)NC[C@H]1COc2ccccc2C1. The van der Waals surface area contributed by atoms with Gasteiger partial charge in [-0.15, -0.1) is 0 Å². The minimum atomic E-state index is -3.37. The molecular weight excluding hydrogens is 276 g/mol. The van der Waals surface area contributed by atoms with Gasteiger partial charge in [-0.2, -0.15) is 12.7 Å². The average Bonchev–Trinajstić information content (AvgIpc) is 2.46. The molecule has 1 heterocycles. The highest BCUT2D eigenvalue weighted by atomic mass is 32.2. The van der Waals surface area contributed by atoms with Crippen molar-refractivity contribution in [3.05, 3.63) is 29.8 Å². The highest BCUT2D eigenvalue weighted by Crippen LogP contribution is 2.26. The van der Waals surface area contributed by atoms with Gasteiger partial charge in [-0.1, -0.05) is 32.0 Å². The third-order valence-electron chi connectivity index (χ3n) is 3.56. The van der Waals surface area contributed by atoms with Gasteiger partial charge in [0.15, 0.2) is 0 Å². The predicted molar refractivity (Wildman–Crippen MR) is 79.0 cm³/mol. The smallest absolute Gasteiger partial charge is 0.279 e. The van der Waals surface area contributed by atoms with Crippen molar-refractivity contribution in [2.45, 2.75) is 20.3 Å². The number of nitrogens with zero attached hydrogens (tertiary/aromatic N) is 1. The Hall–Kier alpha value is -1.11. The number of hydrogen-bond donors (Lipinski definition) is 1. The van der Waals surface area contributed by atoms with E-state index in [0.29, 0.717) is 26.2 Å².